The van der Waals surface area contributed by atoms with Crippen molar-refractivity contribution in [2.45, 2.75) is 25.4 Å². The Morgan fingerprint density at radius 3 is 2.67 bits per heavy atom. The van der Waals surface area contributed by atoms with Crippen molar-refractivity contribution in [1.82, 2.24) is 14.9 Å². The molecule has 3 heterocycles. The number of nitrogens with one attached hydrogen (secondary N) is 1. The van der Waals surface area contributed by atoms with Crippen molar-refractivity contribution in [3.8, 4) is 5.75 Å². The lowest BCUT2D eigenvalue weighted by Crippen LogP contribution is -2.61. The summed E-state index contributed by atoms with van der Waals surface area (Å²) in [5.74, 6) is 0.503. The first-order chi connectivity index (χ1) is 14.6. The number of rotatable bonds is 3. The van der Waals surface area contributed by atoms with Gasteiger partial charge in [-0.2, -0.15) is 5.10 Å². The molecule has 0 unspecified atom stereocenters. The number of carbonyl (C=O) groups excluding carboxylic acids is 2. The molecule has 0 bridgehead atoms. The highest BCUT2D eigenvalue weighted by atomic mass is 16.5. The number of benzene rings is 2. The van der Waals surface area contributed by atoms with Crippen molar-refractivity contribution in [2.24, 2.45) is 5.10 Å². The summed E-state index contributed by atoms with van der Waals surface area (Å²) in [6.07, 6.45) is 2.09. The second-order valence-electron chi connectivity index (χ2n) is 7.67. The lowest BCUT2D eigenvalue weighted by Gasteiger charge is -2.44. The Morgan fingerprint density at radius 1 is 1.13 bits per heavy atom. The van der Waals surface area contributed by atoms with Crippen LogP contribution in [-0.4, -0.2) is 52.6 Å². The topological polar surface area (TPSA) is 78.0 Å². The van der Waals surface area contributed by atoms with Gasteiger partial charge in [-0.05, 0) is 48.4 Å². The summed E-state index contributed by atoms with van der Waals surface area (Å²) in [6, 6.07) is 14.7. The number of hydrogen-bond donors (Lipinski definition) is 1. The standard InChI is InChI=1S/C23H22N4O3/c1-14-22-18(17-5-3-4-6-19(17)25-22)11-20-23(29)26(13-21(28)27(14)20)24-12-15-7-9-16(30-2)10-8-15/h3-10,12,14,20,25H,11,13H2,1-2H3/b24-12+/t14-,20-/m0/s1. The van der Waals surface area contributed by atoms with Gasteiger partial charge in [0.1, 0.15) is 18.3 Å². The molecule has 0 saturated carbocycles. The molecule has 1 N–H and O–H groups in total. The minimum absolute atomic E-state index is 0.0537. The van der Waals surface area contributed by atoms with Crippen LogP contribution in [-0.2, 0) is 16.0 Å². The Balaban J connectivity index is 1.44. The molecule has 1 fully saturated rings. The van der Waals surface area contributed by atoms with Crippen LogP contribution in [0, 0.1) is 0 Å². The zero-order valence-electron chi connectivity index (χ0n) is 16.8. The van der Waals surface area contributed by atoms with Gasteiger partial charge in [-0.3, -0.25) is 9.59 Å². The van der Waals surface area contributed by atoms with Gasteiger partial charge in [0, 0.05) is 23.0 Å². The monoisotopic (exact) mass is 402 g/mol. The number of nitrogens with zero attached hydrogens (tertiary/aromatic N) is 3. The number of aromatic amines is 1. The summed E-state index contributed by atoms with van der Waals surface area (Å²) < 4.78 is 5.15. The van der Waals surface area contributed by atoms with Gasteiger partial charge < -0.3 is 14.6 Å². The number of hydrogen-bond acceptors (Lipinski definition) is 4. The molecule has 0 aliphatic carbocycles. The zero-order valence-corrected chi connectivity index (χ0v) is 16.8. The van der Waals surface area contributed by atoms with Crippen molar-refractivity contribution in [2.75, 3.05) is 13.7 Å². The highest BCUT2D eigenvalue weighted by Crippen LogP contribution is 2.38. The smallest absolute Gasteiger partial charge is 0.266 e. The quantitative estimate of drug-likeness (QED) is 0.685. The summed E-state index contributed by atoms with van der Waals surface area (Å²) in [4.78, 5) is 31.3. The van der Waals surface area contributed by atoms with E-state index in [-0.39, 0.29) is 24.4 Å². The largest absolute Gasteiger partial charge is 0.497 e. The zero-order chi connectivity index (χ0) is 20.8. The first kappa shape index (κ1) is 18.4. The van der Waals surface area contributed by atoms with Gasteiger partial charge >= 0.3 is 0 Å². The number of fused-ring (bicyclic) bond motifs is 4. The maximum atomic E-state index is 13.2. The van der Waals surface area contributed by atoms with E-state index in [9.17, 15) is 9.59 Å². The number of ether oxygens (including phenoxy) is 1. The number of amides is 2. The van der Waals surface area contributed by atoms with Crippen LogP contribution in [0.15, 0.2) is 53.6 Å². The Morgan fingerprint density at radius 2 is 1.90 bits per heavy atom. The van der Waals surface area contributed by atoms with Gasteiger partial charge in [-0.25, -0.2) is 5.01 Å². The van der Waals surface area contributed by atoms with Crippen LogP contribution >= 0.6 is 0 Å². The van der Waals surface area contributed by atoms with Gasteiger partial charge in [0.2, 0.25) is 5.91 Å². The molecule has 5 rings (SSSR count). The SMILES string of the molecule is COc1ccc(/C=N/N2CC(=O)N3[C@@H](Cc4c([nH]c5ccccc45)[C@@H]3C)C2=O)cc1. The van der Waals surface area contributed by atoms with E-state index in [1.165, 1.54) is 5.01 Å². The number of aromatic nitrogens is 1. The van der Waals surface area contributed by atoms with E-state index in [2.05, 4.69) is 16.2 Å². The molecule has 30 heavy (non-hydrogen) atoms. The van der Waals surface area contributed by atoms with Crippen molar-refractivity contribution >= 4 is 28.9 Å². The molecule has 7 heteroatoms. The molecule has 0 spiro atoms. The highest BCUT2D eigenvalue weighted by molar-refractivity contribution is 5.97. The van der Waals surface area contributed by atoms with E-state index in [1.54, 1.807) is 18.2 Å². The van der Waals surface area contributed by atoms with Crippen LogP contribution < -0.4 is 4.74 Å². The Labute approximate surface area is 173 Å². The Kier molecular flexibility index (Phi) is 4.31. The van der Waals surface area contributed by atoms with Gasteiger partial charge in [-0.1, -0.05) is 18.2 Å². The van der Waals surface area contributed by atoms with E-state index in [0.717, 1.165) is 33.5 Å². The van der Waals surface area contributed by atoms with E-state index in [4.69, 9.17) is 4.74 Å². The van der Waals surface area contributed by atoms with E-state index >= 15 is 0 Å². The molecule has 2 aromatic carbocycles. The van der Waals surface area contributed by atoms with Crippen LogP contribution in [0.3, 0.4) is 0 Å². The number of methoxy groups -OCH3 is 1. The molecule has 3 aromatic rings. The third-order valence-corrected chi connectivity index (χ3v) is 5.99. The summed E-state index contributed by atoms with van der Waals surface area (Å²) in [7, 11) is 1.61. The van der Waals surface area contributed by atoms with Crippen LogP contribution in [0.2, 0.25) is 0 Å². The lowest BCUT2D eigenvalue weighted by atomic mass is 9.90. The maximum Gasteiger partial charge on any atom is 0.266 e. The highest BCUT2D eigenvalue weighted by Gasteiger charge is 2.46. The van der Waals surface area contributed by atoms with Gasteiger partial charge in [0.25, 0.3) is 5.91 Å². The van der Waals surface area contributed by atoms with E-state index in [0.29, 0.717) is 6.42 Å². The first-order valence-corrected chi connectivity index (χ1v) is 9.97. The molecule has 7 nitrogen and oxygen atoms in total. The fourth-order valence-electron chi connectivity index (χ4n) is 4.48. The third-order valence-electron chi connectivity index (χ3n) is 5.99. The molecule has 1 aromatic heterocycles. The second kappa shape index (κ2) is 7.02. The molecule has 2 atom stereocenters. The van der Waals surface area contributed by atoms with Crippen molar-refractivity contribution in [3.05, 3.63) is 65.4 Å². The minimum Gasteiger partial charge on any atom is -0.497 e. The molecule has 1 saturated heterocycles. The normalized spacial score (nSPS) is 21.3. The second-order valence-corrected chi connectivity index (χ2v) is 7.67. The number of carbonyl (C=O) groups is 2. The van der Waals surface area contributed by atoms with Gasteiger partial charge in [0.05, 0.1) is 19.4 Å². The first-order valence-electron chi connectivity index (χ1n) is 9.97. The number of para-hydroxylation sites is 1. The van der Waals surface area contributed by atoms with Crippen LogP contribution in [0.25, 0.3) is 10.9 Å². The summed E-state index contributed by atoms with van der Waals surface area (Å²) in [5, 5.41) is 6.73. The molecule has 152 valence electrons. The third kappa shape index (κ3) is 2.85. The van der Waals surface area contributed by atoms with E-state index < -0.39 is 6.04 Å². The molecular formula is C23H22N4O3. The van der Waals surface area contributed by atoms with Gasteiger partial charge in [0.15, 0.2) is 0 Å². The number of H-pyrrole nitrogens is 1. The molecule has 0 radical (unpaired) electrons. The molecule has 2 aliphatic heterocycles. The lowest BCUT2D eigenvalue weighted by molar-refractivity contribution is -0.159. The van der Waals surface area contributed by atoms with Crippen molar-refractivity contribution in [3.63, 3.8) is 0 Å². The number of piperazine rings is 1. The minimum atomic E-state index is -0.541. The van der Waals surface area contributed by atoms with E-state index in [1.807, 2.05) is 49.4 Å². The molecule has 2 amide bonds. The predicted octanol–water partition coefficient (Wildman–Crippen LogP) is 2.87. The average Bonchev–Trinajstić information content (AvgIpc) is 3.15. The van der Waals surface area contributed by atoms with Crippen molar-refractivity contribution < 1.29 is 14.3 Å². The summed E-state index contributed by atoms with van der Waals surface area (Å²) >= 11 is 0. The van der Waals surface area contributed by atoms with Crippen molar-refractivity contribution in [1.29, 1.82) is 0 Å². The predicted molar refractivity (Wildman–Crippen MR) is 113 cm³/mol. The summed E-state index contributed by atoms with van der Waals surface area (Å²) in [6.45, 7) is 1.92. The number of hydrazone groups is 1. The Hall–Kier alpha value is -3.61. The summed E-state index contributed by atoms with van der Waals surface area (Å²) in [5.41, 5.74) is 3.99. The molecular weight excluding hydrogens is 380 g/mol. The van der Waals surface area contributed by atoms with Crippen LogP contribution in [0.5, 0.6) is 5.75 Å². The fraction of sp³-hybridized carbons (Fsp3) is 0.261. The Bertz CT molecular complexity index is 1160. The fourth-order valence-corrected chi connectivity index (χ4v) is 4.48. The average molecular weight is 402 g/mol. The van der Waals surface area contributed by atoms with Crippen LogP contribution in [0.1, 0.15) is 29.8 Å². The van der Waals surface area contributed by atoms with Gasteiger partial charge in [-0.15, -0.1) is 0 Å². The molecule has 2 aliphatic rings. The maximum absolute atomic E-state index is 13.2. The van der Waals surface area contributed by atoms with Crippen LogP contribution in [0.4, 0.5) is 0 Å².